The Hall–Kier alpha value is -1.76. The van der Waals surface area contributed by atoms with Gasteiger partial charge >= 0.3 is 0 Å². The molecule has 2 heterocycles. The predicted octanol–water partition coefficient (Wildman–Crippen LogP) is 1.98. The summed E-state index contributed by atoms with van der Waals surface area (Å²) in [5, 5.41) is 2.07. The van der Waals surface area contributed by atoms with Gasteiger partial charge in [-0.15, -0.1) is 11.3 Å². The smallest absolute Gasteiger partial charge is 0.255 e. The zero-order valence-electron chi connectivity index (χ0n) is 11.4. The fraction of sp³-hybridized carbons (Fsp3) is 0.267. The molecule has 1 unspecified atom stereocenters. The normalized spacial score (nSPS) is 16.3. The summed E-state index contributed by atoms with van der Waals surface area (Å²) >= 11 is 1.75. The average molecular weight is 305 g/mol. The molecule has 1 aromatic heterocycles. The molecule has 0 saturated heterocycles. The van der Waals surface area contributed by atoms with Gasteiger partial charge in [-0.3, -0.25) is 15.1 Å². The third kappa shape index (κ3) is 2.83. The summed E-state index contributed by atoms with van der Waals surface area (Å²) in [5.74, 6) is 4.73. The molecule has 2 aromatic rings. The molecule has 0 fully saturated rings. The van der Waals surface area contributed by atoms with E-state index in [1.54, 1.807) is 23.5 Å². The Bertz CT molecular complexity index is 641. The molecule has 3 rings (SSSR count). The Morgan fingerprint density at radius 2 is 2.10 bits per heavy atom. The zero-order chi connectivity index (χ0) is 14.8. The Morgan fingerprint density at radius 1 is 1.33 bits per heavy atom. The Kier molecular flexibility index (Phi) is 4.01. The highest BCUT2D eigenvalue weighted by Crippen LogP contribution is 2.30. The summed E-state index contributed by atoms with van der Waals surface area (Å²) in [4.78, 5) is 15.6. The molecular weight excluding hydrogens is 289 g/mol. The highest BCUT2D eigenvalue weighted by atomic mass is 32.1. The Balaban J connectivity index is 1.90. The number of nitrogens with zero attached hydrogens (tertiary/aromatic N) is 1. The number of halogens is 1. The van der Waals surface area contributed by atoms with Crippen molar-refractivity contribution in [2.45, 2.75) is 19.0 Å². The molecule has 1 aliphatic heterocycles. The van der Waals surface area contributed by atoms with Crippen LogP contribution in [0.25, 0.3) is 0 Å². The van der Waals surface area contributed by atoms with E-state index in [0.717, 1.165) is 18.5 Å². The predicted molar refractivity (Wildman–Crippen MR) is 79.9 cm³/mol. The van der Waals surface area contributed by atoms with Crippen LogP contribution in [-0.4, -0.2) is 17.4 Å². The van der Waals surface area contributed by atoms with Gasteiger partial charge in [0, 0.05) is 18.0 Å². The van der Waals surface area contributed by atoms with E-state index in [2.05, 4.69) is 21.8 Å². The van der Waals surface area contributed by atoms with E-state index in [0.29, 0.717) is 6.54 Å². The monoisotopic (exact) mass is 305 g/mol. The molecule has 0 spiro atoms. The van der Waals surface area contributed by atoms with Gasteiger partial charge in [0.05, 0.1) is 0 Å². The van der Waals surface area contributed by atoms with Crippen LogP contribution in [0.4, 0.5) is 4.39 Å². The first-order valence-corrected chi connectivity index (χ1v) is 7.62. The minimum absolute atomic E-state index is 0.278. The minimum atomic E-state index is -0.497. The lowest BCUT2D eigenvalue weighted by atomic mass is 10.0. The molecule has 0 radical (unpaired) electrons. The summed E-state index contributed by atoms with van der Waals surface area (Å²) in [7, 11) is 0. The number of carbonyl (C=O) groups is 1. The van der Waals surface area contributed by atoms with Gasteiger partial charge in [0.25, 0.3) is 5.91 Å². The highest BCUT2D eigenvalue weighted by molar-refractivity contribution is 7.10. The number of amides is 1. The second kappa shape index (κ2) is 5.93. The first kappa shape index (κ1) is 14.2. The van der Waals surface area contributed by atoms with Crippen molar-refractivity contribution in [3.8, 4) is 0 Å². The number of hydrogen-bond donors (Lipinski definition) is 2. The molecule has 0 aliphatic carbocycles. The second-order valence-electron chi connectivity index (χ2n) is 5.05. The van der Waals surface area contributed by atoms with E-state index in [1.807, 2.05) is 0 Å². The van der Waals surface area contributed by atoms with E-state index in [9.17, 15) is 9.18 Å². The van der Waals surface area contributed by atoms with Crippen LogP contribution < -0.4 is 11.3 Å². The third-order valence-corrected chi connectivity index (χ3v) is 4.80. The highest BCUT2D eigenvalue weighted by Gasteiger charge is 2.30. The molecule has 4 nitrogen and oxygen atoms in total. The molecule has 110 valence electrons. The quantitative estimate of drug-likeness (QED) is 0.518. The van der Waals surface area contributed by atoms with Crippen molar-refractivity contribution in [3.05, 3.63) is 57.5 Å². The minimum Gasteiger partial charge on any atom is -0.293 e. The van der Waals surface area contributed by atoms with Crippen LogP contribution in [0.2, 0.25) is 0 Å². The standard InChI is InChI=1S/C15H16FN3OS/c16-12-3-1-10(2-4-12)14(15(20)18-17)19-7-5-13-11(9-19)6-8-21-13/h1-4,6,8,14H,5,7,9,17H2,(H,18,20). The lowest BCUT2D eigenvalue weighted by Crippen LogP contribution is -2.44. The van der Waals surface area contributed by atoms with E-state index in [-0.39, 0.29) is 11.7 Å². The molecule has 3 N–H and O–H groups in total. The van der Waals surface area contributed by atoms with Gasteiger partial charge in [-0.1, -0.05) is 12.1 Å². The van der Waals surface area contributed by atoms with E-state index >= 15 is 0 Å². The molecule has 1 aliphatic rings. The van der Waals surface area contributed by atoms with Crippen molar-refractivity contribution >= 4 is 17.2 Å². The lowest BCUT2D eigenvalue weighted by molar-refractivity contribution is -0.127. The van der Waals surface area contributed by atoms with Crippen LogP contribution in [-0.2, 0) is 17.8 Å². The van der Waals surface area contributed by atoms with Crippen LogP contribution >= 0.6 is 11.3 Å². The number of benzene rings is 1. The van der Waals surface area contributed by atoms with Gasteiger partial charge in [0.1, 0.15) is 11.9 Å². The maximum Gasteiger partial charge on any atom is 0.255 e. The van der Waals surface area contributed by atoms with Crippen LogP contribution in [0.1, 0.15) is 22.0 Å². The number of nitrogens with one attached hydrogen (secondary N) is 1. The van der Waals surface area contributed by atoms with Crippen molar-refractivity contribution in [1.29, 1.82) is 0 Å². The van der Waals surface area contributed by atoms with E-state index < -0.39 is 6.04 Å². The second-order valence-corrected chi connectivity index (χ2v) is 6.05. The SMILES string of the molecule is NNC(=O)C(c1ccc(F)cc1)N1CCc2sccc2C1. The summed E-state index contributed by atoms with van der Waals surface area (Å²) in [6, 6.07) is 7.60. The Labute approximate surface area is 126 Å². The van der Waals surface area contributed by atoms with Crippen LogP contribution in [0, 0.1) is 5.82 Å². The number of fused-ring (bicyclic) bond motifs is 1. The maximum atomic E-state index is 13.1. The molecular formula is C15H16FN3OS. The van der Waals surface area contributed by atoms with Crippen LogP contribution in [0.15, 0.2) is 35.7 Å². The van der Waals surface area contributed by atoms with Crippen molar-refractivity contribution in [3.63, 3.8) is 0 Å². The molecule has 0 saturated carbocycles. The fourth-order valence-electron chi connectivity index (χ4n) is 2.74. The largest absolute Gasteiger partial charge is 0.293 e. The summed E-state index contributed by atoms with van der Waals surface area (Å²) in [6.45, 7) is 1.48. The molecule has 6 heteroatoms. The van der Waals surface area contributed by atoms with E-state index in [4.69, 9.17) is 5.84 Å². The van der Waals surface area contributed by atoms with E-state index in [1.165, 1.54) is 22.6 Å². The summed E-state index contributed by atoms with van der Waals surface area (Å²) < 4.78 is 13.1. The van der Waals surface area contributed by atoms with Gasteiger partial charge in [-0.2, -0.15) is 0 Å². The lowest BCUT2D eigenvalue weighted by Gasteiger charge is -2.33. The number of nitrogens with two attached hydrogens (primary N) is 1. The maximum absolute atomic E-state index is 13.1. The van der Waals surface area contributed by atoms with Gasteiger partial charge in [-0.25, -0.2) is 10.2 Å². The number of hydrogen-bond acceptors (Lipinski definition) is 4. The number of thiophene rings is 1. The van der Waals surface area contributed by atoms with Crippen molar-refractivity contribution in [1.82, 2.24) is 10.3 Å². The average Bonchev–Trinajstić information content (AvgIpc) is 2.97. The fourth-order valence-corrected chi connectivity index (χ4v) is 3.63. The number of hydrazine groups is 1. The van der Waals surface area contributed by atoms with Crippen molar-refractivity contribution in [2.75, 3.05) is 6.54 Å². The van der Waals surface area contributed by atoms with Gasteiger partial charge in [0.2, 0.25) is 0 Å². The molecule has 21 heavy (non-hydrogen) atoms. The van der Waals surface area contributed by atoms with Crippen molar-refractivity contribution < 1.29 is 9.18 Å². The summed E-state index contributed by atoms with van der Waals surface area (Å²) in [6.07, 6.45) is 0.919. The third-order valence-electron chi connectivity index (χ3n) is 3.78. The molecule has 1 atom stereocenters. The van der Waals surface area contributed by atoms with Gasteiger partial charge in [-0.05, 0) is 41.1 Å². The zero-order valence-corrected chi connectivity index (χ0v) is 12.2. The number of rotatable bonds is 3. The summed E-state index contributed by atoms with van der Waals surface area (Å²) in [5.41, 5.74) is 4.22. The molecule has 1 amide bonds. The Morgan fingerprint density at radius 3 is 2.81 bits per heavy atom. The van der Waals surface area contributed by atoms with Gasteiger partial charge in [0.15, 0.2) is 0 Å². The number of carbonyl (C=O) groups excluding carboxylic acids is 1. The van der Waals surface area contributed by atoms with Crippen LogP contribution in [0.3, 0.4) is 0 Å². The van der Waals surface area contributed by atoms with Crippen molar-refractivity contribution in [2.24, 2.45) is 5.84 Å². The molecule has 0 bridgehead atoms. The topological polar surface area (TPSA) is 58.4 Å². The first-order valence-electron chi connectivity index (χ1n) is 6.74. The molecule has 1 aromatic carbocycles. The van der Waals surface area contributed by atoms with Crippen LogP contribution in [0.5, 0.6) is 0 Å². The first-order chi connectivity index (χ1) is 10.2. The van der Waals surface area contributed by atoms with Gasteiger partial charge < -0.3 is 0 Å².